The van der Waals surface area contributed by atoms with Gasteiger partial charge < -0.3 is 83.0 Å². The van der Waals surface area contributed by atoms with Crippen LogP contribution in [0.5, 0.6) is 0 Å². The van der Waals surface area contributed by atoms with Crippen LogP contribution in [0, 0.1) is 5.92 Å². The molecule has 2 saturated heterocycles. The minimum atomic E-state index is -5.93. The highest BCUT2D eigenvalue weighted by molar-refractivity contribution is 7.46. The van der Waals surface area contributed by atoms with E-state index in [4.69, 9.17) is 25.5 Å². The molecule has 0 bridgehead atoms. The number of nitrogens with two attached hydrogens (primary N) is 2. The summed E-state index contributed by atoms with van der Waals surface area (Å²) in [7, 11) is -15.3. The lowest BCUT2D eigenvalue weighted by atomic mass is 10.0. The fourth-order valence-electron chi connectivity index (χ4n) is 6.13. The lowest BCUT2D eigenvalue weighted by Gasteiger charge is -2.35. The number of aryl methyl sites for hydroxylation is 1. The van der Waals surface area contributed by atoms with Gasteiger partial charge in [0.25, 0.3) is 38.7 Å². The summed E-state index contributed by atoms with van der Waals surface area (Å²) in [4.78, 5) is 87.6. The van der Waals surface area contributed by atoms with Gasteiger partial charge >= 0.3 is 11.3 Å². The number of phosphoric ester groups is 3. The summed E-state index contributed by atoms with van der Waals surface area (Å²) in [5.74, 6) is -1.22. The third-order valence-electron chi connectivity index (χ3n) is 8.78. The second-order valence-corrected chi connectivity index (χ2v) is 16.7. The summed E-state index contributed by atoms with van der Waals surface area (Å²) in [5.41, 5.74) is 10.1. The number of nitrogens with zero attached hydrogens (tertiary/aromatic N) is 5. The molecule has 2 aliphatic heterocycles. The predicted octanol–water partition coefficient (Wildman–Crippen LogP) is -6.37. The third kappa shape index (κ3) is 9.89. The molecule has 0 radical (unpaired) electrons. The van der Waals surface area contributed by atoms with Crippen LogP contribution in [-0.2, 0) is 52.8 Å². The number of H-pyrrole nitrogens is 3. The average Bonchev–Trinajstić information content (AvgIpc) is 3.83. The minimum absolute atomic E-state index is 0. The number of nitrogen functional groups attached to an aromatic ring is 2. The first-order valence-electron chi connectivity index (χ1n) is 16.3. The second kappa shape index (κ2) is 17.2. The monoisotopic (exact) mass is 888 g/mol. The topological polar surface area (TPSA) is 441 Å². The van der Waals surface area contributed by atoms with Gasteiger partial charge in [-0.3, -0.25) is 38.2 Å². The Hall–Kier alpha value is -3.57. The van der Waals surface area contributed by atoms with Crippen LogP contribution in [0.1, 0.15) is 26.8 Å². The van der Waals surface area contributed by atoms with Gasteiger partial charge in [-0.05, 0) is 0 Å². The third-order valence-corrected chi connectivity index (χ3v) is 11.2. The molecule has 29 nitrogen and oxygen atoms in total. The number of aliphatic hydroxyl groups is 3. The zero-order valence-corrected chi connectivity index (χ0v) is 32.0. The predicted molar refractivity (Wildman–Crippen MR) is 180 cm³/mol. The van der Waals surface area contributed by atoms with E-state index in [0.717, 1.165) is 4.57 Å². The summed E-state index contributed by atoms with van der Waals surface area (Å²) in [6.07, 6.45) is -9.76. The molecule has 2 aliphatic rings. The Labute approximate surface area is 324 Å². The van der Waals surface area contributed by atoms with Crippen LogP contribution in [-0.4, -0.2) is 108 Å². The SMILES string of the molecule is C.C[C@H]1C([n+]2cn(C)c3c(=O)[nH]c(N)nc32)O[C@H](COP(=O)([O-])OCC(COP(=O)([O-])OCC2O[C@@H]([n+]3c[nH]c4c(=O)[nH]c(N)nc43)[C@H](O)[C@@H]2O)OP(=O)([O-])[O-])[C@H]1O. The summed E-state index contributed by atoms with van der Waals surface area (Å²) in [6.45, 7) is -3.02. The molecule has 6 heterocycles. The van der Waals surface area contributed by atoms with Gasteiger partial charge in [0.2, 0.25) is 17.3 Å². The molecule has 10 N–H and O–H groups in total. The Bertz CT molecular complexity index is 2380. The zero-order valence-electron chi connectivity index (χ0n) is 29.3. The first kappa shape index (κ1) is 45.5. The molecule has 324 valence electrons. The summed E-state index contributed by atoms with van der Waals surface area (Å²) >= 11 is 0. The van der Waals surface area contributed by atoms with Crippen molar-refractivity contribution < 1.29 is 89.8 Å². The van der Waals surface area contributed by atoms with E-state index in [0.29, 0.717) is 0 Å². The van der Waals surface area contributed by atoms with Gasteiger partial charge in [0.05, 0.1) is 47.4 Å². The van der Waals surface area contributed by atoms with Crippen molar-refractivity contribution in [1.82, 2.24) is 29.5 Å². The van der Waals surface area contributed by atoms with E-state index >= 15 is 0 Å². The maximum Gasteiger partial charge on any atom is 0.313 e. The molecule has 2 fully saturated rings. The van der Waals surface area contributed by atoms with E-state index in [1.807, 2.05) is 0 Å². The van der Waals surface area contributed by atoms with Crippen molar-refractivity contribution in [2.45, 2.75) is 63.4 Å². The molecular weight excluding hydrogens is 849 g/mol. The van der Waals surface area contributed by atoms with Crippen LogP contribution in [0.4, 0.5) is 11.9 Å². The van der Waals surface area contributed by atoms with Crippen molar-refractivity contribution in [2.24, 2.45) is 13.0 Å². The van der Waals surface area contributed by atoms with Gasteiger partial charge in [-0.25, -0.2) is 9.13 Å². The van der Waals surface area contributed by atoms with Crippen LogP contribution in [0.15, 0.2) is 22.2 Å². The van der Waals surface area contributed by atoms with E-state index in [2.05, 4.69) is 43.0 Å². The number of fused-ring (bicyclic) bond motifs is 2. The van der Waals surface area contributed by atoms with Gasteiger partial charge in [-0.2, -0.15) is 0 Å². The van der Waals surface area contributed by atoms with E-state index in [-0.39, 0.29) is 41.7 Å². The first-order valence-corrected chi connectivity index (χ1v) is 20.7. The number of aromatic nitrogens is 8. The summed E-state index contributed by atoms with van der Waals surface area (Å²) in [6, 6.07) is 0. The number of hydrogen-bond acceptors (Lipinski definition) is 23. The van der Waals surface area contributed by atoms with Crippen LogP contribution < -0.4 is 51.3 Å². The Kier molecular flexibility index (Phi) is 13.5. The van der Waals surface area contributed by atoms with Crippen LogP contribution >= 0.6 is 23.5 Å². The fraction of sp³-hybridized carbons (Fsp3) is 0.615. The fourth-order valence-corrected chi connectivity index (χ4v) is 8.12. The number of imidazole rings is 2. The molecule has 0 spiro atoms. The molecule has 58 heavy (non-hydrogen) atoms. The molecule has 0 amide bonds. The van der Waals surface area contributed by atoms with E-state index < -0.39 is 116 Å². The highest BCUT2D eigenvalue weighted by Crippen LogP contribution is 2.44. The Morgan fingerprint density at radius 1 is 0.845 bits per heavy atom. The molecule has 5 unspecified atom stereocenters. The first-order chi connectivity index (χ1) is 26.5. The lowest BCUT2D eigenvalue weighted by molar-refractivity contribution is -0.745. The van der Waals surface area contributed by atoms with E-state index in [1.165, 1.54) is 21.8 Å². The maximum atomic E-state index is 12.6. The van der Waals surface area contributed by atoms with Crippen molar-refractivity contribution in [3.63, 3.8) is 0 Å². The quantitative estimate of drug-likeness (QED) is 0.0383. The molecule has 0 aromatic carbocycles. The van der Waals surface area contributed by atoms with Gasteiger partial charge in [0.1, 0.15) is 30.5 Å². The number of aromatic amines is 3. The van der Waals surface area contributed by atoms with Crippen molar-refractivity contribution in [1.29, 1.82) is 0 Å². The second-order valence-electron chi connectivity index (χ2n) is 12.8. The standard InChI is InChI=1S/C25H37N10O19P3.CH4/c1-9-15(36)11(52-22(9)35-8-33(2)14-19(35)30-25(27)32-21(14)40)5-50-56(44,45)48-3-10(54-55(41,42)43)4-49-57(46,47)51-6-12-16(37)17(38)23(53-12)34-7-28-13-18(34)29-24(26)31-20(13)39;/h7-12,15-17,22-23,36-38H,3-6H2,1-2H3,(H9-,26,27,29,30,31,32,39,40,41,42,43,44,45,46,47);1H4/p-2/t9-,10?,11-,12?,15+,16-,17-,22?,23-;/m1./s1. The molecule has 4 aromatic heterocycles. The van der Waals surface area contributed by atoms with Crippen LogP contribution in [0.3, 0.4) is 0 Å². The van der Waals surface area contributed by atoms with Gasteiger partial charge in [0, 0.05) is 5.92 Å². The molecule has 0 saturated carbocycles. The Morgan fingerprint density at radius 3 is 1.97 bits per heavy atom. The maximum absolute atomic E-state index is 12.6. The number of hydrogen-bond donors (Lipinski definition) is 8. The van der Waals surface area contributed by atoms with Crippen molar-refractivity contribution in [3.05, 3.63) is 33.4 Å². The van der Waals surface area contributed by atoms with Crippen LogP contribution in [0.2, 0.25) is 0 Å². The lowest BCUT2D eigenvalue weighted by Crippen LogP contribution is -2.46. The van der Waals surface area contributed by atoms with Crippen LogP contribution in [0.25, 0.3) is 22.3 Å². The number of rotatable bonds is 16. The minimum Gasteiger partial charge on any atom is -0.790 e. The largest absolute Gasteiger partial charge is 0.790 e. The number of aliphatic hydroxyl groups excluding tert-OH is 3. The normalized spacial score (nSPS) is 27.7. The number of nitrogens with one attached hydrogen (secondary N) is 3. The van der Waals surface area contributed by atoms with Crippen molar-refractivity contribution >= 4 is 57.7 Å². The highest BCUT2D eigenvalue weighted by atomic mass is 31.2. The molecule has 32 heteroatoms. The smallest absolute Gasteiger partial charge is 0.313 e. The zero-order chi connectivity index (χ0) is 41.8. The number of ether oxygens (including phenoxy) is 2. The molecule has 4 aromatic rings. The van der Waals surface area contributed by atoms with Crippen molar-refractivity contribution in [3.8, 4) is 0 Å². The van der Waals surface area contributed by atoms with Gasteiger partial charge in [-0.15, -0.1) is 0 Å². The number of anilines is 2. The molecule has 11 atom stereocenters. The average molecular weight is 889 g/mol. The van der Waals surface area contributed by atoms with Gasteiger partial charge in [-0.1, -0.05) is 24.3 Å². The van der Waals surface area contributed by atoms with E-state index in [1.54, 1.807) is 14.0 Å². The highest BCUT2D eigenvalue weighted by Gasteiger charge is 2.48. The molecular formula is C26H39N10O19P3-2. The Morgan fingerprint density at radius 2 is 1.38 bits per heavy atom. The van der Waals surface area contributed by atoms with Gasteiger partial charge in [0.15, 0.2) is 18.9 Å². The Balaban J connectivity index is 0.00000641. The molecule has 6 rings (SSSR count). The molecule has 0 aliphatic carbocycles. The van der Waals surface area contributed by atoms with E-state index in [9.17, 15) is 58.2 Å². The summed E-state index contributed by atoms with van der Waals surface area (Å²) in [5, 5.41) is 31.8. The summed E-state index contributed by atoms with van der Waals surface area (Å²) < 4.78 is 74.6. The number of phosphoric acid groups is 3. The van der Waals surface area contributed by atoms with Crippen molar-refractivity contribution in [2.75, 3.05) is 37.9 Å².